The number of ether oxygens (including phenoxy) is 1. The summed E-state index contributed by atoms with van der Waals surface area (Å²) in [5.74, 6) is -0.280. The Bertz CT molecular complexity index is 843. The maximum absolute atomic E-state index is 12.1. The van der Waals surface area contributed by atoms with E-state index in [2.05, 4.69) is 25.8 Å². The monoisotopic (exact) mass is 342 g/mol. The predicted molar refractivity (Wildman–Crippen MR) is 86.4 cm³/mol. The van der Waals surface area contributed by atoms with Crippen LogP contribution in [-0.4, -0.2) is 44.3 Å². The summed E-state index contributed by atoms with van der Waals surface area (Å²) in [5.41, 5.74) is 1.30. The van der Waals surface area contributed by atoms with Crippen molar-refractivity contribution in [3.05, 3.63) is 47.2 Å². The van der Waals surface area contributed by atoms with Crippen molar-refractivity contribution in [3.8, 4) is 10.6 Å². The average molecular weight is 342 g/mol. The lowest BCUT2D eigenvalue weighted by Gasteiger charge is -2.25. The zero-order valence-electron chi connectivity index (χ0n) is 12.6. The first-order valence-corrected chi connectivity index (χ1v) is 8.27. The second kappa shape index (κ2) is 6.46. The van der Waals surface area contributed by atoms with Gasteiger partial charge < -0.3 is 10.1 Å². The molecule has 1 amide bonds. The fourth-order valence-corrected chi connectivity index (χ4v) is 2.99. The number of hydrogen-bond donors (Lipinski definition) is 1. The number of carbonyl (C=O) groups is 1. The Morgan fingerprint density at radius 2 is 2.08 bits per heavy atom. The van der Waals surface area contributed by atoms with Crippen LogP contribution in [-0.2, 0) is 11.3 Å². The topological polar surface area (TPSA) is 94.8 Å². The third kappa shape index (κ3) is 3.03. The van der Waals surface area contributed by atoms with Crippen LogP contribution in [0.1, 0.15) is 21.5 Å². The molecule has 1 aromatic carbocycles. The van der Waals surface area contributed by atoms with E-state index in [9.17, 15) is 4.79 Å². The normalized spacial score (nSPS) is 14.3. The summed E-state index contributed by atoms with van der Waals surface area (Å²) in [7, 11) is 0. The van der Waals surface area contributed by atoms with Crippen molar-refractivity contribution in [1.29, 1.82) is 0 Å². The van der Waals surface area contributed by atoms with Gasteiger partial charge in [-0.05, 0) is 0 Å². The Morgan fingerprint density at radius 1 is 1.25 bits per heavy atom. The molecular weight excluding hydrogens is 328 g/mol. The first kappa shape index (κ1) is 14.9. The van der Waals surface area contributed by atoms with Gasteiger partial charge in [0, 0.05) is 5.56 Å². The molecule has 122 valence electrons. The van der Waals surface area contributed by atoms with Crippen molar-refractivity contribution in [1.82, 2.24) is 30.5 Å². The number of rotatable bonds is 5. The van der Waals surface area contributed by atoms with Gasteiger partial charge in [0.25, 0.3) is 5.91 Å². The van der Waals surface area contributed by atoms with Crippen molar-refractivity contribution < 1.29 is 9.53 Å². The van der Waals surface area contributed by atoms with E-state index in [1.165, 1.54) is 11.3 Å². The number of benzene rings is 1. The molecule has 24 heavy (non-hydrogen) atoms. The van der Waals surface area contributed by atoms with Crippen LogP contribution in [0.25, 0.3) is 10.6 Å². The third-order valence-corrected chi connectivity index (χ3v) is 4.60. The lowest BCUT2D eigenvalue weighted by atomic mass is 10.2. The van der Waals surface area contributed by atoms with Crippen LogP contribution in [0.5, 0.6) is 0 Å². The molecule has 8 nitrogen and oxygen atoms in total. The second-order valence-corrected chi connectivity index (χ2v) is 6.39. The highest BCUT2D eigenvalue weighted by molar-refractivity contribution is 7.14. The first-order valence-electron chi connectivity index (χ1n) is 7.45. The van der Waals surface area contributed by atoms with E-state index < -0.39 is 0 Å². The summed E-state index contributed by atoms with van der Waals surface area (Å²) in [4.78, 5) is 12.1. The molecule has 1 saturated heterocycles. The van der Waals surface area contributed by atoms with Crippen LogP contribution in [0.15, 0.2) is 36.5 Å². The number of hydrogen-bond acceptors (Lipinski definition) is 7. The zero-order chi connectivity index (χ0) is 16.4. The molecule has 1 aliphatic heterocycles. The Hall–Kier alpha value is -2.65. The molecule has 0 radical (unpaired) electrons. The van der Waals surface area contributed by atoms with Gasteiger partial charge in [0.05, 0.1) is 26.0 Å². The molecule has 1 N–H and O–H groups in total. The lowest BCUT2D eigenvalue weighted by molar-refractivity contribution is -0.0293. The highest BCUT2D eigenvalue weighted by atomic mass is 32.1. The lowest BCUT2D eigenvalue weighted by Crippen LogP contribution is -2.31. The Labute approximate surface area is 141 Å². The fourth-order valence-electron chi connectivity index (χ4n) is 2.20. The summed E-state index contributed by atoms with van der Waals surface area (Å²) in [6.07, 6.45) is 1.64. The molecule has 9 heteroatoms. The Balaban J connectivity index is 1.37. The van der Waals surface area contributed by atoms with E-state index in [0.717, 1.165) is 15.6 Å². The van der Waals surface area contributed by atoms with Crippen LogP contribution in [0.3, 0.4) is 0 Å². The highest BCUT2D eigenvalue weighted by Gasteiger charge is 2.23. The van der Waals surface area contributed by atoms with Gasteiger partial charge >= 0.3 is 0 Å². The van der Waals surface area contributed by atoms with Crippen molar-refractivity contribution in [2.75, 3.05) is 13.2 Å². The van der Waals surface area contributed by atoms with Crippen LogP contribution in [0, 0.1) is 0 Å². The second-order valence-electron chi connectivity index (χ2n) is 5.32. The standard InChI is InChI=1S/C15H14N6O2S/c22-14(12-7-21(20-17-12)11-8-23-9-11)16-6-13-18-19-15(24-13)10-4-2-1-3-5-10/h1-5,7,11H,6,8-9H2,(H,16,22). The maximum Gasteiger partial charge on any atom is 0.273 e. The summed E-state index contributed by atoms with van der Waals surface area (Å²) in [6.45, 7) is 1.53. The van der Waals surface area contributed by atoms with Gasteiger partial charge in [-0.15, -0.1) is 15.3 Å². The van der Waals surface area contributed by atoms with Gasteiger partial charge in [-0.1, -0.05) is 46.9 Å². The molecule has 0 spiro atoms. The molecule has 0 saturated carbocycles. The minimum atomic E-state index is -0.280. The van der Waals surface area contributed by atoms with Crippen molar-refractivity contribution in [3.63, 3.8) is 0 Å². The quantitative estimate of drug-likeness (QED) is 0.751. The van der Waals surface area contributed by atoms with Gasteiger partial charge in [-0.25, -0.2) is 4.68 Å². The molecule has 0 unspecified atom stereocenters. The number of carbonyl (C=O) groups excluding carboxylic acids is 1. The highest BCUT2D eigenvalue weighted by Crippen LogP contribution is 2.22. The number of amides is 1. The van der Waals surface area contributed by atoms with Crippen LogP contribution in [0.2, 0.25) is 0 Å². The molecule has 3 aromatic rings. The van der Waals surface area contributed by atoms with Gasteiger partial charge in [-0.3, -0.25) is 4.79 Å². The zero-order valence-corrected chi connectivity index (χ0v) is 13.4. The summed E-state index contributed by atoms with van der Waals surface area (Å²) in [5, 5.41) is 20.5. The molecule has 0 aliphatic carbocycles. The van der Waals surface area contributed by atoms with Gasteiger partial charge in [0.15, 0.2) is 5.69 Å². The van der Waals surface area contributed by atoms with E-state index >= 15 is 0 Å². The summed E-state index contributed by atoms with van der Waals surface area (Å²) < 4.78 is 6.76. The summed E-state index contributed by atoms with van der Waals surface area (Å²) >= 11 is 1.45. The number of aromatic nitrogens is 5. The molecule has 0 bridgehead atoms. The molecule has 1 fully saturated rings. The van der Waals surface area contributed by atoms with Crippen molar-refractivity contribution >= 4 is 17.2 Å². The van der Waals surface area contributed by atoms with E-state index in [-0.39, 0.29) is 17.6 Å². The molecule has 0 atom stereocenters. The van der Waals surface area contributed by atoms with Crippen molar-refractivity contribution in [2.45, 2.75) is 12.6 Å². The van der Waals surface area contributed by atoms with Crippen LogP contribution in [0.4, 0.5) is 0 Å². The van der Waals surface area contributed by atoms with Crippen LogP contribution < -0.4 is 5.32 Å². The van der Waals surface area contributed by atoms with Gasteiger partial charge in [0.1, 0.15) is 16.1 Å². The molecular formula is C15H14N6O2S. The molecule has 2 aromatic heterocycles. The van der Waals surface area contributed by atoms with E-state index in [1.54, 1.807) is 10.9 Å². The third-order valence-electron chi connectivity index (χ3n) is 3.63. The van der Waals surface area contributed by atoms with E-state index in [0.29, 0.717) is 19.8 Å². The number of nitrogens with one attached hydrogen (secondary N) is 1. The molecule has 1 aliphatic rings. The predicted octanol–water partition coefficient (Wildman–Crippen LogP) is 1.30. The molecule has 4 rings (SSSR count). The van der Waals surface area contributed by atoms with Crippen LogP contribution >= 0.6 is 11.3 Å². The Morgan fingerprint density at radius 3 is 2.83 bits per heavy atom. The number of nitrogens with zero attached hydrogens (tertiary/aromatic N) is 5. The molecule has 3 heterocycles. The summed E-state index contributed by atoms with van der Waals surface area (Å²) in [6, 6.07) is 9.99. The van der Waals surface area contributed by atoms with Gasteiger partial charge in [-0.2, -0.15) is 0 Å². The first-order chi connectivity index (χ1) is 11.8. The average Bonchev–Trinajstić information content (AvgIpc) is 3.21. The van der Waals surface area contributed by atoms with E-state index in [4.69, 9.17) is 4.74 Å². The van der Waals surface area contributed by atoms with Gasteiger partial charge in [0.2, 0.25) is 0 Å². The fraction of sp³-hybridized carbons (Fsp3) is 0.267. The van der Waals surface area contributed by atoms with E-state index in [1.807, 2.05) is 30.3 Å². The minimum absolute atomic E-state index is 0.177. The Kier molecular flexibility index (Phi) is 4.01. The SMILES string of the molecule is O=C(NCc1nnc(-c2ccccc2)s1)c1cn(C2COC2)nn1. The minimum Gasteiger partial charge on any atom is -0.377 e. The smallest absolute Gasteiger partial charge is 0.273 e. The maximum atomic E-state index is 12.1. The van der Waals surface area contributed by atoms with Crippen molar-refractivity contribution in [2.24, 2.45) is 0 Å². The largest absolute Gasteiger partial charge is 0.377 e.